The molecule has 0 unspecified atom stereocenters. The van der Waals surface area contributed by atoms with Crippen LogP contribution in [-0.2, 0) is 21.2 Å². The molecule has 1 amide bonds. The summed E-state index contributed by atoms with van der Waals surface area (Å²) in [5, 5.41) is 3.43. The van der Waals surface area contributed by atoms with E-state index in [0.29, 0.717) is 10.7 Å². The Balaban J connectivity index is 1.81. The molecule has 0 aliphatic heterocycles. The third-order valence-electron chi connectivity index (χ3n) is 4.83. The summed E-state index contributed by atoms with van der Waals surface area (Å²) in [7, 11) is -3.64. The summed E-state index contributed by atoms with van der Waals surface area (Å²) in [5.41, 5.74) is 3.51. The highest BCUT2D eigenvalue weighted by molar-refractivity contribution is 7.92. The summed E-state index contributed by atoms with van der Waals surface area (Å²) in [6.45, 7) is 1.51. The van der Waals surface area contributed by atoms with Crippen molar-refractivity contribution in [3.63, 3.8) is 0 Å². The molecule has 3 rings (SSSR count). The molecule has 0 radical (unpaired) electrons. The van der Waals surface area contributed by atoms with Crippen molar-refractivity contribution < 1.29 is 13.2 Å². The number of hydrogen-bond donors (Lipinski definition) is 1. The Hall–Kier alpha value is -2.05. The predicted molar refractivity (Wildman–Crippen MR) is 109 cm³/mol. The summed E-state index contributed by atoms with van der Waals surface area (Å²) in [5.74, 6) is -0.332. The van der Waals surface area contributed by atoms with Crippen LogP contribution in [0.3, 0.4) is 0 Å². The van der Waals surface area contributed by atoms with Crippen LogP contribution >= 0.6 is 11.6 Å². The first-order valence-electron chi connectivity index (χ1n) is 8.87. The van der Waals surface area contributed by atoms with Gasteiger partial charge in [0.2, 0.25) is 15.9 Å². The molecule has 0 spiro atoms. The number of sulfonamides is 1. The highest BCUT2D eigenvalue weighted by atomic mass is 35.5. The zero-order chi connectivity index (χ0) is 19.6. The molecule has 1 aliphatic carbocycles. The number of amides is 1. The maximum atomic E-state index is 12.7. The number of hydrogen-bond acceptors (Lipinski definition) is 3. The normalized spacial score (nSPS) is 16.5. The van der Waals surface area contributed by atoms with Gasteiger partial charge in [0.25, 0.3) is 0 Å². The van der Waals surface area contributed by atoms with Gasteiger partial charge in [-0.1, -0.05) is 41.9 Å². The Morgan fingerprint density at radius 2 is 2.00 bits per heavy atom. The van der Waals surface area contributed by atoms with Crippen LogP contribution in [0, 0.1) is 6.92 Å². The van der Waals surface area contributed by atoms with E-state index in [2.05, 4.69) is 11.4 Å². The third kappa shape index (κ3) is 4.62. The molecule has 1 aliphatic rings. The second-order valence-electron chi connectivity index (χ2n) is 6.91. The fourth-order valence-electron chi connectivity index (χ4n) is 3.51. The van der Waals surface area contributed by atoms with Gasteiger partial charge < -0.3 is 5.32 Å². The monoisotopic (exact) mass is 406 g/mol. The number of fused-ring (bicyclic) bond motifs is 1. The molecule has 0 bridgehead atoms. The van der Waals surface area contributed by atoms with E-state index in [1.54, 1.807) is 25.1 Å². The van der Waals surface area contributed by atoms with Crippen LogP contribution in [0.25, 0.3) is 0 Å². The molecule has 144 valence electrons. The number of rotatable bonds is 5. The number of benzene rings is 2. The van der Waals surface area contributed by atoms with E-state index in [1.807, 2.05) is 18.2 Å². The zero-order valence-corrected chi connectivity index (χ0v) is 17.0. The average molecular weight is 407 g/mol. The fourth-order valence-corrected chi connectivity index (χ4v) is 4.58. The summed E-state index contributed by atoms with van der Waals surface area (Å²) in [6, 6.07) is 13.0. The lowest BCUT2D eigenvalue weighted by Crippen LogP contribution is -2.42. The highest BCUT2D eigenvalue weighted by Crippen LogP contribution is 2.30. The van der Waals surface area contributed by atoms with Crippen molar-refractivity contribution in [2.45, 2.75) is 32.2 Å². The van der Waals surface area contributed by atoms with Crippen LogP contribution in [0.1, 0.15) is 35.6 Å². The molecule has 2 aromatic carbocycles. The molecule has 0 saturated heterocycles. The molecule has 1 atom stereocenters. The number of carbonyl (C=O) groups excluding carboxylic acids is 1. The van der Waals surface area contributed by atoms with Gasteiger partial charge in [-0.2, -0.15) is 0 Å². The Bertz CT molecular complexity index is 959. The Labute approximate surface area is 165 Å². The van der Waals surface area contributed by atoms with Crippen LogP contribution in [0.5, 0.6) is 0 Å². The van der Waals surface area contributed by atoms with Crippen molar-refractivity contribution in [2.75, 3.05) is 17.1 Å². The van der Waals surface area contributed by atoms with Crippen molar-refractivity contribution >= 4 is 33.2 Å². The molecule has 1 N–H and O–H groups in total. The minimum atomic E-state index is -3.64. The minimum Gasteiger partial charge on any atom is -0.348 e. The number of nitrogens with one attached hydrogen (secondary N) is 1. The van der Waals surface area contributed by atoms with Crippen molar-refractivity contribution in [3.8, 4) is 0 Å². The van der Waals surface area contributed by atoms with E-state index < -0.39 is 10.0 Å². The Kier molecular flexibility index (Phi) is 5.77. The van der Waals surface area contributed by atoms with E-state index in [1.165, 1.54) is 5.56 Å². The number of carbonyl (C=O) groups is 1. The second-order valence-corrected chi connectivity index (χ2v) is 9.25. The van der Waals surface area contributed by atoms with Crippen molar-refractivity contribution in [3.05, 3.63) is 64.2 Å². The second kappa shape index (κ2) is 7.90. The van der Waals surface area contributed by atoms with Gasteiger partial charge in [0.05, 0.1) is 18.0 Å². The van der Waals surface area contributed by atoms with Gasteiger partial charge in [-0.25, -0.2) is 8.42 Å². The molecule has 7 heteroatoms. The third-order valence-corrected chi connectivity index (χ3v) is 6.19. The van der Waals surface area contributed by atoms with E-state index >= 15 is 0 Å². The average Bonchev–Trinajstić information content (AvgIpc) is 2.61. The lowest BCUT2D eigenvalue weighted by atomic mass is 9.88. The number of nitrogens with zero attached hydrogens (tertiary/aromatic N) is 1. The molecular formula is C20H23ClN2O3S. The summed E-state index contributed by atoms with van der Waals surface area (Å²) < 4.78 is 25.8. The summed E-state index contributed by atoms with van der Waals surface area (Å²) >= 11 is 6.04. The highest BCUT2D eigenvalue weighted by Gasteiger charge is 2.26. The van der Waals surface area contributed by atoms with Crippen molar-refractivity contribution in [1.29, 1.82) is 0 Å². The number of halogens is 1. The Morgan fingerprint density at radius 1 is 1.26 bits per heavy atom. The van der Waals surface area contributed by atoms with Gasteiger partial charge in [0, 0.05) is 5.02 Å². The first-order valence-corrected chi connectivity index (χ1v) is 11.1. The molecular weight excluding hydrogens is 384 g/mol. The molecule has 5 nitrogen and oxygen atoms in total. The maximum absolute atomic E-state index is 12.7. The van der Waals surface area contributed by atoms with Gasteiger partial charge in [-0.15, -0.1) is 0 Å². The lowest BCUT2D eigenvalue weighted by Gasteiger charge is -2.28. The van der Waals surface area contributed by atoms with Gasteiger partial charge in [-0.3, -0.25) is 9.10 Å². The summed E-state index contributed by atoms with van der Waals surface area (Å²) in [4.78, 5) is 12.7. The molecule has 27 heavy (non-hydrogen) atoms. The zero-order valence-electron chi connectivity index (χ0n) is 15.4. The van der Waals surface area contributed by atoms with Crippen molar-refractivity contribution in [2.24, 2.45) is 0 Å². The van der Waals surface area contributed by atoms with E-state index in [-0.39, 0.29) is 18.5 Å². The molecule has 0 heterocycles. The maximum Gasteiger partial charge on any atom is 0.241 e. The standard InChI is InChI=1S/C20H23ClN2O3S/c1-14-10-11-16(21)12-19(14)23(27(2,25)26)13-20(24)22-18-9-5-7-15-6-3-4-8-17(15)18/h3-4,6,8,10-12,18H,5,7,9,13H2,1-2H3,(H,22,24)/t18-/m1/s1. The molecule has 2 aromatic rings. The van der Waals surface area contributed by atoms with Gasteiger partial charge >= 0.3 is 0 Å². The lowest BCUT2D eigenvalue weighted by molar-refractivity contribution is -0.120. The van der Waals surface area contributed by atoms with Gasteiger partial charge in [-0.05, 0) is 55.0 Å². The van der Waals surface area contributed by atoms with E-state index in [0.717, 1.165) is 41.0 Å². The van der Waals surface area contributed by atoms with Crippen LogP contribution in [-0.4, -0.2) is 27.1 Å². The fraction of sp³-hybridized carbons (Fsp3) is 0.350. The SMILES string of the molecule is Cc1ccc(Cl)cc1N(CC(=O)N[C@@H]1CCCc2ccccc21)S(C)(=O)=O. The van der Waals surface area contributed by atoms with Crippen molar-refractivity contribution in [1.82, 2.24) is 5.32 Å². The van der Waals surface area contributed by atoms with Gasteiger partial charge in [0.15, 0.2) is 0 Å². The molecule has 0 fully saturated rings. The minimum absolute atomic E-state index is 0.0932. The quantitative estimate of drug-likeness (QED) is 0.824. The smallest absolute Gasteiger partial charge is 0.241 e. The first-order chi connectivity index (χ1) is 12.8. The first kappa shape index (κ1) is 19.7. The van der Waals surface area contributed by atoms with Crippen LogP contribution in [0.15, 0.2) is 42.5 Å². The number of aryl methyl sites for hydroxylation is 2. The van der Waals surface area contributed by atoms with Crippen LogP contribution in [0.4, 0.5) is 5.69 Å². The Morgan fingerprint density at radius 3 is 2.74 bits per heavy atom. The number of anilines is 1. The van der Waals surface area contributed by atoms with Crippen LogP contribution < -0.4 is 9.62 Å². The largest absolute Gasteiger partial charge is 0.348 e. The molecule has 0 saturated carbocycles. The van der Waals surface area contributed by atoms with Crippen LogP contribution in [0.2, 0.25) is 5.02 Å². The topological polar surface area (TPSA) is 66.5 Å². The van der Waals surface area contributed by atoms with E-state index in [9.17, 15) is 13.2 Å². The summed E-state index contributed by atoms with van der Waals surface area (Å²) in [6.07, 6.45) is 3.93. The van der Waals surface area contributed by atoms with E-state index in [4.69, 9.17) is 11.6 Å². The van der Waals surface area contributed by atoms with Gasteiger partial charge in [0.1, 0.15) is 6.54 Å². The molecule has 0 aromatic heterocycles. The predicted octanol–water partition coefficient (Wildman–Crippen LogP) is 3.61.